The maximum Gasteiger partial charge on any atom is 0.573 e. The zero-order valence-electron chi connectivity index (χ0n) is 15.9. The maximum absolute atomic E-state index is 12.2. The molecule has 30 heavy (non-hydrogen) atoms. The molecule has 1 aromatic heterocycles. The summed E-state index contributed by atoms with van der Waals surface area (Å²) in [6, 6.07) is 11.1. The second-order valence-electron chi connectivity index (χ2n) is 6.23. The van der Waals surface area contributed by atoms with Gasteiger partial charge in [0.1, 0.15) is 5.75 Å². The Labute approximate surface area is 178 Å². The topological polar surface area (TPSA) is 76.1 Å². The lowest BCUT2D eigenvalue weighted by Crippen LogP contribution is -2.16. The van der Waals surface area contributed by atoms with Crippen LogP contribution in [0, 0.1) is 13.8 Å². The molecule has 0 saturated carbocycles. The number of carbonyl (C=O) groups excluding carboxylic acids is 1. The second kappa shape index (κ2) is 9.35. The number of rotatable bonds is 7. The molecule has 158 valence electrons. The number of thioether (sulfide) groups is 1. The number of halogens is 3. The number of nitrogens with one attached hydrogen (secondary N) is 2. The first-order valence-corrected chi connectivity index (χ1v) is 10.4. The van der Waals surface area contributed by atoms with Gasteiger partial charge in [0.25, 0.3) is 0 Å². The molecular formula is C19H17F3N4O2S2. The van der Waals surface area contributed by atoms with Crippen LogP contribution in [-0.2, 0) is 4.79 Å². The normalized spacial score (nSPS) is 11.2. The van der Waals surface area contributed by atoms with E-state index in [0.717, 1.165) is 16.8 Å². The van der Waals surface area contributed by atoms with Crippen LogP contribution in [0.3, 0.4) is 0 Å². The number of aryl methyl sites for hydroxylation is 2. The van der Waals surface area contributed by atoms with Crippen LogP contribution >= 0.6 is 23.1 Å². The van der Waals surface area contributed by atoms with Crippen LogP contribution in [0.25, 0.3) is 0 Å². The van der Waals surface area contributed by atoms with E-state index in [0.29, 0.717) is 15.2 Å². The molecule has 0 unspecified atom stereocenters. The molecule has 0 fully saturated rings. The van der Waals surface area contributed by atoms with Crippen molar-refractivity contribution in [3.8, 4) is 5.75 Å². The number of amides is 1. The predicted octanol–water partition coefficient (Wildman–Crippen LogP) is 5.53. The highest BCUT2D eigenvalue weighted by Gasteiger charge is 2.30. The number of aromatic nitrogens is 2. The van der Waals surface area contributed by atoms with E-state index < -0.39 is 6.36 Å². The summed E-state index contributed by atoms with van der Waals surface area (Å²) in [5.74, 6) is -0.291. The molecule has 0 aliphatic carbocycles. The van der Waals surface area contributed by atoms with Crippen molar-refractivity contribution in [2.45, 2.75) is 24.5 Å². The lowest BCUT2D eigenvalue weighted by atomic mass is 10.1. The van der Waals surface area contributed by atoms with E-state index >= 15 is 0 Å². The van der Waals surface area contributed by atoms with Gasteiger partial charge in [-0.25, -0.2) is 0 Å². The van der Waals surface area contributed by atoms with E-state index in [1.807, 2.05) is 32.0 Å². The Kier molecular flexibility index (Phi) is 6.83. The lowest BCUT2D eigenvalue weighted by Gasteiger charge is -2.09. The zero-order valence-corrected chi connectivity index (χ0v) is 17.5. The average Bonchev–Trinajstić information content (AvgIpc) is 3.11. The summed E-state index contributed by atoms with van der Waals surface area (Å²) in [6.45, 7) is 3.88. The minimum atomic E-state index is -4.73. The second-order valence-corrected chi connectivity index (χ2v) is 8.43. The SMILES string of the molecule is Cc1ccc(C)c(NC(=O)CSc2nnc(Nc3ccc(OC(F)(F)F)cc3)s2)c1. The van der Waals surface area contributed by atoms with Gasteiger partial charge in [-0.1, -0.05) is 35.2 Å². The van der Waals surface area contributed by atoms with E-state index in [4.69, 9.17) is 0 Å². The van der Waals surface area contributed by atoms with Gasteiger partial charge in [0.15, 0.2) is 4.34 Å². The smallest absolute Gasteiger partial charge is 0.406 e. The highest BCUT2D eigenvalue weighted by molar-refractivity contribution is 8.01. The van der Waals surface area contributed by atoms with E-state index in [1.165, 1.54) is 47.4 Å². The molecule has 0 spiro atoms. The largest absolute Gasteiger partial charge is 0.573 e. The zero-order chi connectivity index (χ0) is 21.7. The third kappa shape index (κ3) is 6.63. The van der Waals surface area contributed by atoms with Crippen molar-refractivity contribution in [1.29, 1.82) is 0 Å². The number of alkyl halides is 3. The van der Waals surface area contributed by atoms with Crippen LogP contribution in [-0.4, -0.2) is 28.2 Å². The Balaban J connectivity index is 1.51. The van der Waals surface area contributed by atoms with Crippen molar-refractivity contribution < 1.29 is 22.7 Å². The van der Waals surface area contributed by atoms with Crippen LogP contribution in [0.15, 0.2) is 46.8 Å². The molecule has 3 rings (SSSR count). The van der Waals surface area contributed by atoms with Crippen LogP contribution in [0.2, 0.25) is 0 Å². The van der Waals surface area contributed by atoms with E-state index in [1.54, 1.807) is 0 Å². The molecule has 0 aliphatic heterocycles. The van der Waals surface area contributed by atoms with Crippen LogP contribution in [0.4, 0.5) is 29.7 Å². The first kappa shape index (κ1) is 21.9. The van der Waals surface area contributed by atoms with Crippen LogP contribution in [0.5, 0.6) is 5.75 Å². The van der Waals surface area contributed by atoms with Crippen LogP contribution < -0.4 is 15.4 Å². The first-order valence-electron chi connectivity index (χ1n) is 8.64. The highest BCUT2D eigenvalue weighted by Crippen LogP contribution is 2.29. The van der Waals surface area contributed by atoms with Crippen molar-refractivity contribution in [3.63, 3.8) is 0 Å². The van der Waals surface area contributed by atoms with Crippen molar-refractivity contribution in [2.24, 2.45) is 0 Å². The number of ether oxygens (including phenoxy) is 1. The molecule has 0 bridgehead atoms. The lowest BCUT2D eigenvalue weighted by molar-refractivity contribution is -0.274. The number of anilines is 3. The van der Waals surface area contributed by atoms with Gasteiger partial charge in [0.2, 0.25) is 11.0 Å². The van der Waals surface area contributed by atoms with Gasteiger partial charge in [0, 0.05) is 11.4 Å². The van der Waals surface area contributed by atoms with Gasteiger partial charge in [-0.05, 0) is 55.3 Å². The van der Waals surface area contributed by atoms with Crippen LogP contribution in [0.1, 0.15) is 11.1 Å². The number of benzene rings is 2. The monoisotopic (exact) mass is 454 g/mol. The number of hydrogen-bond acceptors (Lipinski definition) is 7. The summed E-state index contributed by atoms with van der Waals surface area (Å²) >= 11 is 2.48. The summed E-state index contributed by atoms with van der Waals surface area (Å²) in [4.78, 5) is 12.2. The minimum Gasteiger partial charge on any atom is -0.406 e. The number of nitrogens with zero attached hydrogens (tertiary/aromatic N) is 2. The first-order chi connectivity index (χ1) is 14.2. The van der Waals surface area contributed by atoms with Crippen molar-refractivity contribution in [1.82, 2.24) is 10.2 Å². The number of hydrogen-bond donors (Lipinski definition) is 2. The van der Waals surface area contributed by atoms with E-state index in [-0.39, 0.29) is 17.4 Å². The third-order valence-electron chi connectivity index (χ3n) is 3.74. The highest BCUT2D eigenvalue weighted by atomic mass is 32.2. The fourth-order valence-electron chi connectivity index (χ4n) is 2.37. The molecular weight excluding hydrogens is 437 g/mol. The Hall–Kier alpha value is -2.79. The molecule has 1 heterocycles. The summed E-state index contributed by atoms with van der Waals surface area (Å²) in [5, 5.41) is 14.3. The summed E-state index contributed by atoms with van der Waals surface area (Å²) in [6.07, 6.45) is -4.73. The Morgan fingerprint density at radius 1 is 1.13 bits per heavy atom. The minimum absolute atomic E-state index is 0.154. The van der Waals surface area contributed by atoms with Gasteiger partial charge in [-0.3, -0.25) is 4.79 Å². The molecule has 1 amide bonds. The molecule has 0 aliphatic rings. The Morgan fingerprint density at radius 3 is 2.57 bits per heavy atom. The summed E-state index contributed by atoms with van der Waals surface area (Å²) < 4.78 is 41.0. The fraction of sp³-hybridized carbons (Fsp3) is 0.211. The van der Waals surface area contributed by atoms with Gasteiger partial charge in [-0.2, -0.15) is 0 Å². The molecule has 2 aromatic carbocycles. The van der Waals surface area contributed by atoms with Crippen molar-refractivity contribution >= 4 is 45.5 Å². The summed E-state index contributed by atoms with van der Waals surface area (Å²) in [7, 11) is 0. The molecule has 0 atom stereocenters. The van der Waals surface area contributed by atoms with Crippen molar-refractivity contribution in [3.05, 3.63) is 53.6 Å². The quantitative estimate of drug-likeness (QED) is 0.458. The molecule has 0 saturated heterocycles. The predicted molar refractivity (Wildman–Crippen MR) is 112 cm³/mol. The molecule has 6 nitrogen and oxygen atoms in total. The molecule has 3 aromatic rings. The van der Waals surface area contributed by atoms with E-state index in [2.05, 4.69) is 25.6 Å². The van der Waals surface area contributed by atoms with Gasteiger partial charge in [0.05, 0.1) is 5.75 Å². The van der Waals surface area contributed by atoms with Gasteiger partial charge >= 0.3 is 6.36 Å². The number of carbonyl (C=O) groups is 1. The van der Waals surface area contributed by atoms with Gasteiger partial charge < -0.3 is 15.4 Å². The Bertz CT molecular complexity index is 1020. The fourth-order valence-corrected chi connectivity index (χ4v) is 3.94. The molecule has 0 radical (unpaired) electrons. The van der Waals surface area contributed by atoms with Crippen molar-refractivity contribution in [2.75, 3.05) is 16.4 Å². The Morgan fingerprint density at radius 2 is 1.87 bits per heavy atom. The maximum atomic E-state index is 12.2. The molecule has 11 heteroatoms. The summed E-state index contributed by atoms with van der Waals surface area (Å²) in [5.41, 5.74) is 3.34. The van der Waals surface area contributed by atoms with Gasteiger partial charge in [-0.15, -0.1) is 23.4 Å². The average molecular weight is 454 g/mol. The standard InChI is InChI=1S/C19H17F3N4O2S2/c1-11-3-4-12(2)15(9-11)24-16(27)10-29-18-26-25-17(30-18)23-13-5-7-14(8-6-13)28-19(20,21)22/h3-9H,10H2,1-2H3,(H,23,25)(H,24,27). The van der Waals surface area contributed by atoms with E-state index in [9.17, 15) is 18.0 Å². The molecule has 2 N–H and O–H groups in total. The third-order valence-corrected chi connectivity index (χ3v) is 5.71.